The van der Waals surface area contributed by atoms with Gasteiger partial charge < -0.3 is 14.2 Å². The van der Waals surface area contributed by atoms with Crippen LogP contribution in [0.2, 0.25) is 0 Å². The predicted molar refractivity (Wildman–Crippen MR) is 104 cm³/mol. The van der Waals surface area contributed by atoms with Crippen molar-refractivity contribution in [3.8, 4) is 17.1 Å². The number of thioether (sulfide) groups is 1. The van der Waals surface area contributed by atoms with Gasteiger partial charge in [-0.15, -0.1) is 10.2 Å². The van der Waals surface area contributed by atoms with Crippen LogP contribution in [0.5, 0.6) is 5.75 Å². The molecule has 0 saturated carbocycles. The molecule has 26 heavy (non-hydrogen) atoms. The van der Waals surface area contributed by atoms with Crippen LogP contribution < -0.4 is 9.64 Å². The highest BCUT2D eigenvalue weighted by molar-refractivity contribution is 7.99. The molecule has 0 saturated heterocycles. The topological polar surface area (TPSA) is 60.3 Å². The van der Waals surface area contributed by atoms with Gasteiger partial charge in [-0.3, -0.25) is 4.79 Å². The Hall–Kier alpha value is -2.80. The molecule has 0 bridgehead atoms. The SMILES string of the molecule is COc1ccccc1-c1nnc(SCC(=O)N(C)c2ccccc2)n1C. The molecule has 0 fully saturated rings. The number of para-hydroxylation sites is 2. The first-order valence-corrected chi connectivity index (χ1v) is 9.07. The number of carbonyl (C=O) groups excluding carboxylic acids is 1. The van der Waals surface area contributed by atoms with Gasteiger partial charge >= 0.3 is 0 Å². The number of aromatic nitrogens is 3. The van der Waals surface area contributed by atoms with E-state index >= 15 is 0 Å². The molecule has 3 aromatic rings. The van der Waals surface area contributed by atoms with Crippen LogP contribution in [0.25, 0.3) is 11.4 Å². The lowest BCUT2D eigenvalue weighted by molar-refractivity contribution is -0.115. The number of benzene rings is 2. The summed E-state index contributed by atoms with van der Waals surface area (Å²) in [4.78, 5) is 14.1. The summed E-state index contributed by atoms with van der Waals surface area (Å²) in [6.45, 7) is 0. The number of nitrogens with zero attached hydrogens (tertiary/aromatic N) is 4. The van der Waals surface area contributed by atoms with Crippen molar-refractivity contribution in [3.05, 3.63) is 54.6 Å². The summed E-state index contributed by atoms with van der Waals surface area (Å²) < 4.78 is 7.27. The van der Waals surface area contributed by atoms with Crippen LogP contribution in [-0.2, 0) is 11.8 Å². The van der Waals surface area contributed by atoms with Crippen molar-refractivity contribution in [1.82, 2.24) is 14.8 Å². The molecule has 0 spiro atoms. The van der Waals surface area contributed by atoms with Gasteiger partial charge in [-0.25, -0.2) is 0 Å². The van der Waals surface area contributed by atoms with Crippen molar-refractivity contribution in [1.29, 1.82) is 0 Å². The number of anilines is 1. The summed E-state index contributed by atoms with van der Waals surface area (Å²) in [7, 11) is 5.29. The Morgan fingerprint density at radius 1 is 1.12 bits per heavy atom. The van der Waals surface area contributed by atoms with E-state index in [-0.39, 0.29) is 11.7 Å². The maximum atomic E-state index is 12.4. The fraction of sp³-hybridized carbons (Fsp3) is 0.211. The number of amides is 1. The molecule has 0 unspecified atom stereocenters. The molecule has 1 aromatic heterocycles. The van der Waals surface area contributed by atoms with Crippen LogP contribution in [0.1, 0.15) is 0 Å². The predicted octanol–water partition coefficient (Wildman–Crippen LogP) is 3.25. The average molecular weight is 368 g/mol. The van der Waals surface area contributed by atoms with Gasteiger partial charge in [0.25, 0.3) is 0 Å². The molecule has 0 aliphatic heterocycles. The number of methoxy groups -OCH3 is 1. The summed E-state index contributed by atoms with van der Waals surface area (Å²) >= 11 is 1.36. The normalized spacial score (nSPS) is 10.6. The van der Waals surface area contributed by atoms with Crippen LogP contribution in [0.3, 0.4) is 0 Å². The van der Waals surface area contributed by atoms with Crippen LogP contribution >= 0.6 is 11.8 Å². The van der Waals surface area contributed by atoms with Gasteiger partial charge in [0.2, 0.25) is 5.91 Å². The van der Waals surface area contributed by atoms with E-state index in [0.29, 0.717) is 11.0 Å². The first-order chi connectivity index (χ1) is 12.6. The second kappa shape index (κ2) is 8.05. The zero-order valence-electron chi connectivity index (χ0n) is 14.9. The van der Waals surface area contributed by atoms with E-state index in [1.807, 2.05) is 66.2 Å². The highest BCUT2D eigenvalue weighted by Crippen LogP contribution is 2.30. The largest absolute Gasteiger partial charge is 0.496 e. The Bertz CT molecular complexity index is 896. The van der Waals surface area contributed by atoms with Gasteiger partial charge in [0, 0.05) is 19.8 Å². The minimum atomic E-state index is 0.00282. The van der Waals surface area contributed by atoms with E-state index in [2.05, 4.69) is 10.2 Å². The Morgan fingerprint density at radius 3 is 2.54 bits per heavy atom. The van der Waals surface area contributed by atoms with Crippen LogP contribution in [0, 0.1) is 0 Å². The summed E-state index contributed by atoms with van der Waals surface area (Å²) in [6, 6.07) is 17.2. The van der Waals surface area contributed by atoms with E-state index in [1.165, 1.54) is 11.8 Å². The molecular formula is C19H20N4O2S. The summed E-state index contributed by atoms with van der Waals surface area (Å²) in [5, 5.41) is 9.17. The Morgan fingerprint density at radius 2 is 1.81 bits per heavy atom. The lowest BCUT2D eigenvalue weighted by Crippen LogP contribution is -2.27. The summed E-state index contributed by atoms with van der Waals surface area (Å²) in [5.74, 6) is 1.72. The minimum Gasteiger partial charge on any atom is -0.496 e. The molecule has 0 N–H and O–H groups in total. The fourth-order valence-electron chi connectivity index (χ4n) is 2.52. The third-order valence-corrected chi connectivity index (χ3v) is 5.03. The molecule has 0 aliphatic carbocycles. The average Bonchev–Trinajstić information content (AvgIpc) is 3.06. The van der Waals surface area contributed by atoms with Crippen molar-refractivity contribution >= 4 is 23.4 Å². The van der Waals surface area contributed by atoms with Crippen molar-refractivity contribution in [2.45, 2.75) is 5.16 Å². The lowest BCUT2D eigenvalue weighted by Gasteiger charge is -2.16. The Balaban J connectivity index is 1.72. The van der Waals surface area contributed by atoms with Gasteiger partial charge in [-0.1, -0.05) is 42.1 Å². The van der Waals surface area contributed by atoms with Crippen molar-refractivity contribution in [2.75, 3.05) is 24.8 Å². The molecule has 7 heteroatoms. The molecule has 6 nitrogen and oxygen atoms in total. The first kappa shape index (κ1) is 18.0. The highest BCUT2D eigenvalue weighted by Gasteiger charge is 2.17. The van der Waals surface area contributed by atoms with Crippen molar-refractivity contribution < 1.29 is 9.53 Å². The van der Waals surface area contributed by atoms with Crippen LogP contribution in [0.15, 0.2) is 59.8 Å². The van der Waals surface area contributed by atoms with Crippen molar-refractivity contribution in [3.63, 3.8) is 0 Å². The molecule has 134 valence electrons. The number of carbonyl (C=O) groups is 1. The van der Waals surface area contributed by atoms with Crippen LogP contribution in [0.4, 0.5) is 5.69 Å². The zero-order chi connectivity index (χ0) is 18.5. The molecule has 1 amide bonds. The number of hydrogen-bond acceptors (Lipinski definition) is 5. The monoisotopic (exact) mass is 368 g/mol. The van der Waals surface area contributed by atoms with Gasteiger partial charge in [-0.05, 0) is 24.3 Å². The maximum absolute atomic E-state index is 12.4. The number of ether oxygens (including phenoxy) is 1. The van der Waals surface area contributed by atoms with Gasteiger partial charge in [0.05, 0.1) is 18.4 Å². The molecule has 2 aromatic carbocycles. The van der Waals surface area contributed by atoms with E-state index in [9.17, 15) is 4.79 Å². The standard InChI is InChI=1S/C19H20N4O2S/c1-22(14-9-5-4-6-10-14)17(24)13-26-19-21-20-18(23(19)2)15-11-7-8-12-16(15)25-3/h4-12H,13H2,1-3H3. The molecular weight excluding hydrogens is 348 g/mol. The lowest BCUT2D eigenvalue weighted by atomic mass is 10.2. The third kappa shape index (κ3) is 3.72. The summed E-state index contributed by atoms with van der Waals surface area (Å²) in [6.07, 6.45) is 0. The quantitative estimate of drug-likeness (QED) is 0.625. The Kier molecular flexibility index (Phi) is 5.58. The Labute approximate surface area is 156 Å². The number of hydrogen-bond donors (Lipinski definition) is 0. The minimum absolute atomic E-state index is 0.00282. The smallest absolute Gasteiger partial charge is 0.237 e. The molecule has 3 rings (SSSR count). The molecule has 1 heterocycles. The summed E-state index contributed by atoms with van der Waals surface area (Å²) in [5.41, 5.74) is 1.73. The van der Waals surface area contributed by atoms with E-state index in [1.54, 1.807) is 19.1 Å². The third-order valence-electron chi connectivity index (χ3n) is 4.03. The zero-order valence-corrected chi connectivity index (χ0v) is 15.7. The highest BCUT2D eigenvalue weighted by atomic mass is 32.2. The van der Waals surface area contributed by atoms with E-state index in [0.717, 1.165) is 17.0 Å². The van der Waals surface area contributed by atoms with Crippen LogP contribution in [-0.4, -0.2) is 40.6 Å². The van der Waals surface area contributed by atoms with Gasteiger partial charge in [0.15, 0.2) is 11.0 Å². The number of rotatable bonds is 6. The molecule has 0 atom stereocenters. The molecule has 0 radical (unpaired) electrons. The second-order valence-corrected chi connectivity index (χ2v) is 6.58. The fourth-order valence-corrected chi connectivity index (χ4v) is 3.35. The van der Waals surface area contributed by atoms with Crippen molar-refractivity contribution in [2.24, 2.45) is 7.05 Å². The van der Waals surface area contributed by atoms with E-state index < -0.39 is 0 Å². The molecule has 0 aliphatic rings. The first-order valence-electron chi connectivity index (χ1n) is 8.09. The van der Waals surface area contributed by atoms with Gasteiger partial charge in [-0.2, -0.15) is 0 Å². The van der Waals surface area contributed by atoms with E-state index in [4.69, 9.17) is 4.74 Å². The maximum Gasteiger partial charge on any atom is 0.237 e. The second-order valence-electron chi connectivity index (χ2n) is 5.64. The van der Waals surface area contributed by atoms with Gasteiger partial charge in [0.1, 0.15) is 5.75 Å².